The first-order valence-corrected chi connectivity index (χ1v) is 9.81. The number of benzene rings is 2. The molecular weight excluding hydrogens is 352 g/mol. The molecule has 0 saturated heterocycles. The molecule has 2 aromatic rings. The molecule has 1 aliphatic carbocycles. The van der Waals surface area contributed by atoms with Crippen LogP contribution in [0.3, 0.4) is 0 Å². The minimum atomic E-state index is -0.344. The zero-order chi connectivity index (χ0) is 19.8. The number of allylic oxidation sites excluding steroid dienone is 1. The second-order valence-electron chi connectivity index (χ2n) is 7.18. The van der Waals surface area contributed by atoms with Crippen molar-refractivity contribution in [3.05, 3.63) is 71.8 Å². The van der Waals surface area contributed by atoms with Gasteiger partial charge in [0.15, 0.2) is 0 Å². The van der Waals surface area contributed by atoms with Crippen LogP contribution in [-0.4, -0.2) is 26.8 Å². The van der Waals surface area contributed by atoms with Crippen LogP contribution < -0.4 is 9.47 Å². The molecule has 0 spiro atoms. The largest absolute Gasteiger partial charge is 0.497 e. The molecule has 1 saturated carbocycles. The van der Waals surface area contributed by atoms with E-state index >= 15 is 0 Å². The summed E-state index contributed by atoms with van der Waals surface area (Å²) in [5, 5.41) is 0. The van der Waals surface area contributed by atoms with E-state index in [1.165, 1.54) is 31.2 Å². The number of esters is 1. The molecule has 0 bridgehead atoms. The molecule has 0 amide bonds. The Morgan fingerprint density at radius 3 is 2.18 bits per heavy atom. The molecule has 1 aliphatic rings. The van der Waals surface area contributed by atoms with Crippen molar-refractivity contribution in [2.75, 3.05) is 20.8 Å². The van der Waals surface area contributed by atoms with E-state index in [4.69, 9.17) is 14.2 Å². The summed E-state index contributed by atoms with van der Waals surface area (Å²) in [5.74, 6) is 2.12. The van der Waals surface area contributed by atoms with E-state index < -0.39 is 0 Å². The fourth-order valence-corrected chi connectivity index (χ4v) is 3.69. The van der Waals surface area contributed by atoms with Gasteiger partial charge in [0.25, 0.3) is 0 Å². The lowest BCUT2D eigenvalue weighted by Crippen LogP contribution is -2.12. The molecule has 0 aliphatic heterocycles. The van der Waals surface area contributed by atoms with E-state index in [1.54, 1.807) is 38.5 Å². The van der Waals surface area contributed by atoms with Gasteiger partial charge in [0.1, 0.15) is 11.5 Å². The summed E-state index contributed by atoms with van der Waals surface area (Å²) in [4.78, 5) is 12.4. The lowest BCUT2D eigenvalue weighted by Gasteiger charge is -2.27. The third kappa shape index (κ3) is 5.46. The molecule has 0 atom stereocenters. The van der Waals surface area contributed by atoms with Crippen LogP contribution in [0.1, 0.15) is 47.5 Å². The summed E-state index contributed by atoms with van der Waals surface area (Å²) >= 11 is 0. The molecule has 1 fully saturated rings. The molecule has 4 heteroatoms. The zero-order valence-electron chi connectivity index (χ0n) is 16.6. The topological polar surface area (TPSA) is 44.8 Å². The van der Waals surface area contributed by atoms with Crippen LogP contribution >= 0.6 is 0 Å². The van der Waals surface area contributed by atoms with Crippen LogP contribution in [0.15, 0.2) is 60.7 Å². The lowest BCUT2D eigenvalue weighted by atomic mass is 9.78. The Balaban J connectivity index is 1.53. The fourth-order valence-electron chi connectivity index (χ4n) is 3.69. The summed E-state index contributed by atoms with van der Waals surface area (Å²) in [5.41, 5.74) is 1.87. The molecule has 4 nitrogen and oxygen atoms in total. The maximum Gasteiger partial charge on any atom is 0.343 e. The average molecular weight is 380 g/mol. The van der Waals surface area contributed by atoms with Gasteiger partial charge < -0.3 is 14.2 Å². The van der Waals surface area contributed by atoms with Gasteiger partial charge in [-0.15, -0.1) is 0 Å². The van der Waals surface area contributed by atoms with Crippen molar-refractivity contribution in [2.45, 2.75) is 31.6 Å². The Morgan fingerprint density at radius 1 is 0.929 bits per heavy atom. The van der Waals surface area contributed by atoms with E-state index in [1.807, 2.05) is 12.1 Å². The normalized spacial score (nSPS) is 19.5. The summed E-state index contributed by atoms with van der Waals surface area (Å²) in [6.07, 6.45) is 9.17. The minimum Gasteiger partial charge on any atom is -0.497 e. The van der Waals surface area contributed by atoms with E-state index in [0.29, 0.717) is 29.8 Å². The Labute approximate surface area is 167 Å². The van der Waals surface area contributed by atoms with Crippen molar-refractivity contribution in [1.29, 1.82) is 0 Å². The van der Waals surface area contributed by atoms with Gasteiger partial charge in [0.2, 0.25) is 0 Å². The van der Waals surface area contributed by atoms with Gasteiger partial charge in [-0.2, -0.15) is 0 Å². The maximum absolute atomic E-state index is 12.4. The molecule has 0 N–H and O–H groups in total. The van der Waals surface area contributed by atoms with E-state index in [9.17, 15) is 4.79 Å². The zero-order valence-corrected chi connectivity index (χ0v) is 16.6. The van der Waals surface area contributed by atoms with Gasteiger partial charge >= 0.3 is 5.97 Å². The third-order valence-corrected chi connectivity index (χ3v) is 5.33. The number of carbonyl (C=O) groups excluding carboxylic acids is 1. The lowest BCUT2D eigenvalue weighted by molar-refractivity contribution is 0.0734. The third-order valence-electron chi connectivity index (χ3n) is 5.33. The highest BCUT2D eigenvalue weighted by Crippen LogP contribution is 2.36. The van der Waals surface area contributed by atoms with Gasteiger partial charge in [0, 0.05) is 7.11 Å². The van der Waals surface area contributed by atoms with E-state index in [0.717, 1.165) is 5.75 Å². The number of hydrogen-bond acceptors (Lipinski definition) is 4. The smallest absolute Gasteiger partial charge is 0.343 e. The quantitative estimate of drug-likeness (QED) is 0.367. The first kappa shape index (κ1) is 20.2. The monoisotopic (exact) mass is 380 g/mol. The molecular formula is C24H28O4. The molecule has 2 aromatic carbocycles. The molecule has 0 unspecified atom stereocenters. The van der Waals surface area contributed by atoms with Crippen molar-refractivity contribution < 1.29 is 19.0 Å². The first-order chi connectivity index (χ1) is 13.7. The Kier molecular flexibility index (Phi) is 7.26. The average Bonchev–Trinajstić information content (AvgIpc) is 2.75. The molecule has 28 heavy (non-hydrogen) atoms. The number of hydrogen-bond donors (Lipinski definition) is 0. The van der Waals surface area contributed by atoms with Crippen molar-refractivity contribution in [3.63, 3.8) is 0 Å². The van der Waals surface area contributed by atoms with Crippen molar-refractivity contribution in [1.82, 2.24) is 0 Å². The van der Waals surface area contributed by atoms with E-state index in [2.05, 4.69) is 24.3 Å². The maximum atomic E-state index is 12.4. The first-order valence-electron chi connectivity index (χ1n) is 9.81. The SMILES string of the molecule is COCC=CC1CCC(c2ccc(C(=O)Oc3ccc(OC)cc3)cc2)CC1. The van der Waals surface area contributed by atoms with E-state index in [-0.39, 0.29) is 5.97 Å². The second-order valence-corrected chi connectivity index (χ2v) is 7.18. The van der Waals surface area contributed by atoms with Crippen LogP contribution in [0.4, 0.5) is 0 Å². The summed E-state index contributed by atoms with van der Waals surface area (Å²) in [6.45, 7) is 0.689. The Bertz CT molecular complexity index is 769. The minimum absolute atomic E-state index is 0.344. The number of ether oxygens (including phenoxy) is 3. The molecule has 0 aromatic heterocycles. The van der Waals surface area contributed by atoms with Gasteiger partial charge in [-0.1, -0.05) is 24.3 Å². The van der Waals surface area contributed by atoms with Crippen LogP contribution in [0.25, 0.3) is 0 Å². The second kappa shape index (κ2) is 10.1. The van der Waals surface area contributed by atoms with Gasteiger partial charge in [-0.25, -0.2) is 4.79 Å². The summed E-state index contributed by atoms with van der Waals surface area (Å²) in [6, 6.07) is 14.9. The highest BCUT2D eigenvalue weighted by molar-refractivity contribution is 5.91. The van der Waals surface area contributed by atoms with Crippen molar-refractivity contribution >= 4 is 5.97 Å². The molecule has 3 rings (SSSR count). The van der Waals surface area contributed by atoms with Crippen LogP contribution in [0, 0.1) is 5.92 Å². The predicted octanol–water partition coefficient (Wildman–Crippen LogP) is 5.39. The standard InChI is InChI=1S/C24H28O4/c1-26-17-3-4-18-5-7-19(8-6-18)20-9-11-21(12-10-20)24(25)28-23-15-13-22(27-2)14-16-23/h3-4,9-16,18-19H,5-8,17H2,1-2H3. The van der Waals surface area contributed by atoms with Crippen molar-refractivity contribution in [3.8, 4) is 11.5 Å². The van der Waals surface area contributed by atoms with Crippen LogP contribution in [-0.2, 0) is 4.74 Å². The van der Waals surface area contributed by atoms with Crippen LogP contribution in [0.2, 0.25) is 0 Å². The van der Waals surface area contributed by atoms with Gasteiger partial charge in [-0.05, 0) is 79.5 Å². The summed E-state index contributed by atoms with van der Waals surface area (Å²) in [7, 11) is 3.32. The number of methoxy groups -OCH3 is 2. The van der Waals surface area contributed by atoms with Crippen molar-refractivity contribution in [2.24, 2.45) is 5.92 Å². The Morgan fingerprint density at radius 2 is 1.57 bits per heavy atom. The molecule has 148 valence electrons. The van der Waals surface area contributed by atoms with Gasteiger partial charge in [0.05, 0.1) is 19.3 Å². The Hall–Kier alpha value is -2.59. The van der Waals surface area contributed by atoms with Gasteiger partial charge in [-0.3, -0.25) is 0 Å². The number of rotatable bonds is 7. The van der Waals surface area contributed by atoms with Crippen LogP contribution in [0.5, 0.6) is 11.5 Å². The summed E-state index contributed by atoms with van der Waals surface area (Å²) < 4.78 is 15.6. The molecule has 0 heterocycles. The number of carbonyl (C=O) groups is 1. The molecule has 0 radical (unpaired) electrons. The highest BCUT2D eigenvalue weighted by Gasteiger charge is 2.21. The highest BCUT2D eigenvalue weighted by atomic mass is 16.5. The predicted molar refractivity (Wildman–Crippen MR) is 110 cm³/mol. The fraction of sp³-hybridized carbons (Fsp3) is 0.375.